The second-order valence-electron chi connectivity index (χ2n) is 3.60. The van der Waals surface area contributed by atoms with Gasteiger partial charge in [0.15, 0.2) is 4.67 Å². The molecule has 1 heterocycles. The Balaban J connectivity index is 3.05. The first-order valence-corrected chi connectivity index (χ1v) is 7.21. The molecule has 0 spiro atoms. The highest BCUT2D eigenvalue weighted by Crippen LogP contribution is 2.26. The SMILES string of the molecule is C=CCC(C)NS(=O)(=O)c1cc(C(=O)O)oc1Br. The first-order valence-electron chi connectivity index (χ1n) is 4.93. The second kappa shape index (κ2) is 5.68. The number of halogens is 1. The zero-order chi connectivity index (χ0) is 13.9. The first kappa shape index (κ1) is 14.9. The van der Waals surface area contributed by atoms with E-state index < -0.39 is 21.8 Å². The molecular weight excluding hydrogens is 326 g/mol. The summed E-state index contributed by atoms with van der Waals surface area (Å²) in [5.74, 6) is -1.78. The monoisotopic (exact) mass is 337 g/mol. The number of aromatic carboxylic acids is 1. The molecule has 0 saturated carbocycles. The van der Waals surface area contributed by atoms with Crippen LogP contribution >= 0.6 is 15.9 Å². The average molecular weight is 338 g/mol. The second-order valence-corrected chi connectivity index (χ2v) is 6.00. The lowest BCUT2D eigenvalue weighted by atomic mass is 10.3. The van der Waals surface area contributed by atoms with E-state index in [1.165, 1.54) is 0 Å². The zero-order valence-electron chi connectivity index (χ0n) is 9.51. The van der Waals surface area contributed by atoms with Crippen LogP contribution < -0.4 is 4.72 Å². The maximum Gasteiger partial charge on any atom is 0.371 e. The van der Waals surface area contributed by atoms with Crippen LogP contribution in [0.5, 0.6) is 0 Å². The standard InChI is InChI=1S/C10H12BrNO5S/c1-3-4-6(2)12-18(15,16)8-5-7(10(13)14)17-9(8)11/h3,5-6,12H,1,4H2,2H3,(H,13,14). The molecule has 100 valence electrons. The number of rotatable bonds is 6. The summed E-state index contributed by atoms with van der Waals surface area (Å²) in [7, 11) is -3.83. The minimum atomic E-state index is -3.83. The predicted molar refractivity (Wildman–Crippen MR) is 68.0 cm³/mol. The summed E-state index contributed by atoms with van der Waals surface area (Å²) in [6.45, 7) is 5.18. The van der Waals surface area contributed by atoms with Crippen molar-refractivity contribution in [1.29, 1.82) is 0 Å². The zero-order valence-corrected chi connectivity index (χ0v) is 11.9. The number of furan rings is 1. The topological polar surface area (TPSA) is 96.6 Å². The number of sulfonamides is 1. The molecule has 0 aliphatic rings. The lowest BCUT2D eigenvalue weighted by Crippen LogP contribution is -2.32. The minimum absolute atomic E-state index is 0.141. The van der Waals surface area contributed by atoms with Crippen molar-refractivity contribution in [1.82, 2.24) is 4.72 Å². The van der Waals surface area contributed by atoms with Crippen LogP contribution in [0.4, 0.5) is 0 Å². The molecule has 6 nitrogen and oxygen atoms in total. The highest BCUT2D eigenvalue weighted by Gasteiger charge is 2.25. The van der Waals surface area contributed by atoms with Crippen LogP contribution in [-0.4, -0.2) is 25.5 Å². The van der Waals surface area contributed by atoms with Gasteiger partial charge in [-0.05, 0) is 29.3 Å². The van der Waals surface area contributed by atoms with Crippen molar-refractivity contribution < 1.29 is 22.7 Å². The number of hydrogen-bond donors (Lipinski definition) is 2. The molecule has 1 aromatic rings. The van der Waals surface area contributed by atoms with Crippen molar-refractivity contribution in [2.45, 2.75) is 24.3 Å². The van der Waals surface area contributed by atoms with E-state index >= 15 is 0 Å². The van der Waals surface area contributed by atoms with Gasteiger partial charge in [0.05, 0.1) is 0 Å². The van der Waals surface area contributed by atoms with Gasteiger partial charge in [-0.15, -0.1) is 6.58 Å². The van der Waals surface area contributed by atoms with Crippen molar-refractivity contribution in [3.63, 3.8) is 0 Å². The number of nitrogens with one attached hydrogen (secondary N) is 1. The molecule has 0 saturated heterocycles. The van der Waals surface area contributed by atoms with Crippen molar-refractivity contribution >= 4 is 31.9 Å². The molecule has 1 atom stereocenters. The van der Waals surface area contributed by atoms with Crippen LogP contribution in [0.25, 0.3) is 0 Å². The molecule has 2 N–H and O–H groups in total. The molecule has 0 amide bonds. The summed E-state index contributed by atoms with van der Waals surface area (Å²) in [5.41, 5.74) is 0. The quantitative estimate of drug-likeness (QED) is 0.773. The highest BCUT2D eigenvalue weighted by atomic mass is 79.9. The Morgan fingerprint density at radius 3 is 2.78 bits per heavy atom. The Kier molecular flexibility index (Phi) is 4.71. The lowest BCUT2D eigenvalue weighted by molar-refractivity contribution is 0.0661. The average Bonchev–Trinajstić information content (AvgIpc) is 2.60. The maximum absolute atomic E-state index is 11.9. The van der Waals surface area contributed by atoms with Gasteiger partial charge in [-0.2, -0.15) is 0 Å². The number of carboxylic acids is 1. The van der Waals surface area contributed by atoms with Gasteiger partial charge in [0.25, 0.3) is 0 Å². The minimum Gasteiger partial charge on any atom is -0.475 e. The number of carbonyl (C=O) groups is 1. The summed E-state index contributed by atoms with van der Waals surface area (Å²) in [6, 6.07) is 0.609. The van der Waals surface area contributed by atoms with Gasteiger partial charge in [-0.25, -0.2) is 17.9 Å². The fourth-order valence-corrected chi connectivity index (χ4v) is 3.46. The van der Waals surface area contributed by atoms with E-state index in [1.54, 1.807) is 13.0 Å². The molecular formula is C10H12BrNO5S. The fraction of sp³-hybridized carbons (Fsp3) is 0.300. The summed E-state index contributed by atoms with van der Waals surface area (Å²) >= 11 is 2.88. The smallest absolute Gasteiger partial charge is 0.371 e. The van der Waals surface area contributed by atoms with Crippen molar-refractivity contribution in [3.8, 4) is 0 Å². The third-order valence-corrected chi connectivity index (χ3v) is 4.48. The molecule has 1 aromatic heterocycles. The van der Waals surface area contributed by atoms with Gasteiger partial charge in [0, 0.05) is 12.1 Å². The number of hydrogen-bond acceptors (Lipinski definition) is 4. The lowest BCUT2D eigenvalue weighted by Gasteiger charge is -2.10. The number of carboxylic acid groups (broad SMARTS) is 1. The van der Waals surface area contributed by atoms with Crippen LogP contribution in [-0.2, 0) is 10.0 Å². The normalized spacial score (nSPS) is 13.2. The molecule has 18 heavy (non-hydrogen) atoms. The summed E-state index contributed by atoms with van der Waals surface area (Å²) in [4.78, 5) is 10.4. The van der Waals surface area contributed by atoms with E-state index in [4.69, 9.17) is 9.52 Å². The molecule has 0 aromatic carbocycles. The molecule has 0 radical (unpaired) electrons. The molecule has 8 heteroatoms. The Labute approximate surface area is 113 Å². The van der Waals surface area contributed by atoms with E-state index in [9.17, 15) is 13.2 Å². The first-order chi connectivity index (χ1) is 8.27. The van der Waals surface area contributed by atoms with Crippen molar-refractivity contribution in [2.75, 3.05) is 0 Å². The molecule has 1 unspecified atom stereocenters. The Morgan fingerprint density at radius 2 is 2.33 bits per heavy atom. The predicted octanol–water partition coefficient (Wildman–Crippen LogP) is 1.98. The summed E-state index contributed by atoms with van der Waals surface area (Å²) < 4.78 is 30.9. The third-order valence-electron chi connectivity index (χ3n) is 2.03. The van der Waals surface area contributed by atoms with Crippen molar-refractivity contribution in [2.24, 2.45) is 0 Å². The van der Waals surface area contributed by atoms with E-state index in [2.05, 4.69) is 27.2 Å². The Morgan fingerprint density at radius 1 is 1.72 bits per heavy atom. The molecule has 0 aliphatic heterocycles. The van der Waals surface area contributed by atoms with Crippen molar-refractivity contribution in [3.05, 3.63) is 29.2 Å². The van der Waals surface area contributed by atoms with Gasteiger partial charge < -0.3 is 9.52 Å². The van der Waals surface area contributed by atoms with Gasteiger partial charge in [0.2, 0.25) is 15.8 Å². The Bertz CT molecular complexity index is 563. The van der Waals surface area contributed by atoms with E-state index in [1.807, 2.05) is 0 Å². The molecule has 0 bridgehead atoms. The van der Waals surface area contributed by atoms with E-state index in [0.29, 0.717) is 6.42 Å². The van der Waals surface area contributed by atoms with Gasteiger partial charge in [0.1, 0.15) is 4.90 Å². The molecule has 0 aliphatic carbocycles. The van der Waals surface area contributed by atoms with Crippen LogP contribution in [0.2, 0.25) is 0 Å². The fourth-order valence-electron chi connectivity index (χ4n) is 1.27. The molecule has 1 rings (SSSR count). The van der Waals surface area contributed by atoms with E-state index in [-0.39, 0.29) is 15.6 Å². The highest BCUT2D eigenvalue weighted by molar-refractivity contribution is 9.10. The summed E-state index contributed by atoms with van der Waals surface area (Å²) in [6.07, 6.45) is 2.04. The maximum atomic E-state index is 11.9. The van der Waals surface area contributed by atoms with Crippen LogP contribution in [0.3, 0.4) is 0 Å². The van der Waals surface area contributed by atoms with Crippen LogP contribution in [0, 0.1) is 0 Å². The van der Waals surface area contributed by atoms with Crippen LogP contribution in [0.15, 0.2) is 32.7 Å². The third kappa shape index (κ3) is 3.44. The summed E-state index contributed by atoms with van der Waals surface area (Å²) in [5, 5.41) is 8.71. The van der Waals surface area contributed by atoms with Gasteiger partial charge in [-0.1, -0.05) is 6.08 Å². The van der Waals surface area contributed by atoms with Gasteiger partial charge >= 0.3 is 5.97 Å². The van der Waals surface area contributed by atoms with Gasteiger partial charge in [-0.3, -0.25) is 0 Å². The largest absolute Gasteiger partial charge is 0.475 e. The molecule has 0 fully saturated rings. The van der Waals surface area contributed by atoms with E-state index in [0.717, 1.165) is 6.07 Å². The Hall–Kier alpha value is -1.12. The van der Waals surface area contributed by atoms with Crippen LogP contribution in [0.1, 0.15) is 23.9 Å².